The Labute approximate surface area is 137 Å². The summed E-state index contributed by atoms with van der Waals surface area (Å²) in [6.07, 6.45) is 0. The fourth-order valence-electron chi connectivity index (χ4n) is 2.22. The predicted octanol–water partition coefficient (Wildman–Crippen LogP) is 5.47. The van der Waals surface area contributed by atoms with E-state index in [2.05, 4.69) is 81.9 Å². The van der Waals surface area contributed by atoms with Crippen LogP contribution in [0.15, 0.2) is 70.5 Å². The van der Waals surface area contributed by atoms with E-state index in [1.54, 1.807) is 11.3 Å². The fourth-order valence-corrected chi connectivity index (χ4v) is 3.68. The number of thiophene rings is 1. The van der Waals surface area contributed by atoms with Gasteiger partial charge in [-0.2, -0.15) is 0 Å². The summed E-state index contributed by atoms with van der Waals surface area (Å²) in [6.45, 7) is 1.81. The molecule has 0 bridgehead atoms. The van der Waals surface area contributed by atoms with Gasteiger partial charge in [0.2, 0.25) is 0 Å². The molecule has 0 radical (unpaired) electrons. The Kier molecular flexibility index (Phi) is 4.86. The van der Waals surface area contributed by atoms with Crippen molar-refractivity contribution in [3.8, 4) is 11.1 Å². The summed E-state index contributed by atoms with van der Waals surface area (Å²) in [5.41, 5.74) is 3.84. The Morgan fingerprint density at radius 1 is 0.762 bits per heavy atom. The molecule has 0 saturated carbocycles. The summed E-state index contributed by atoms with van der Waals surface area (Å²) >= 11 is 5.27. The zero-order valence-electron chi connectivity index (χ0n) is 11.6. The summed E-state index contributed by atoms with van der Waals surface area (Å²) < 4.78 is 1.19. The molecular weight excluding hydrogens is 342 g/mol. The number of halogens is 1. The van der Waals surface area contributed by atoms with Gasteiger partial charge in [-0.3, -0.25) is 0 Å². The Morgan fingerprint density at radius 3 is 2.14 bits per heavy atom. The van der Waals surface area contributed by atoms with E-state index in [9.17, 15) is 0 Å². The summed E-state index contributed by atoms with van der Waals surface area (Å²) in [5, 5.41) is 3.48. The zero-order chi connectivity index (χ0) is 14.5. The first-order chi connectivity index (χ1) is 10.3. The standard InChI is InChI=1S/C18H16BrNS/c19-18-11-10-17(21-18)13-20-12-14-6-8-16(9-7-14)15-4-2-1-3-5-15/h1-11,20H,12-13H2. The smallest absolute Gasteiger partial charge is 0.0701 e. The maximum atomic E-state index is 3.49. The molecule has 21 heavy (non-hydrogen) atoms. The van der Waals surface area contributed by atoms with Crippen molar-refractivity contribution >= 4 is 27.3 Å². The minimum Gasteiger partial charge on any atom is -0.308 e. The highest BCUT2D eigenvalue weighted by Crippen LogP contribution is 2.22. The topological polar surface area (TPSA) is 12.0 Å². The normalized spacial score (nSPS) is 10.7. The highest BCUT2D eigenvalue weighted by atomic mass is 79.9. The average Bonchev–Trinajstić information content (AvgIpc) is 2.94. The molecule has 1 aromatic heterocycles. The van der Waals surface area contributed by atoms with E-state index in [0.29, 0.717) is 0 Å². The van der Waals surface area contributed by atoms with E-state index in [0.717, 1.165) is 13.1 Å². The van der Waals surface area contributed by atoms with Crippen LogP contribution < -0.4 is 5.32 Å². The van der Waals surface area contributed by atoms with Crippen LogP contribution in [0.5, 0.6) is 0 Å². The SMILES string of the molecule is Brc1ccc(CNCc2ccc(-c3ccccc3)cc2)s1. The number of nitrogens with one attached hydrogen (secondary N) is 1. The molecule has 1 N–H and O–H groups in total. The monoisotopic (exact) mass is 357 g/mol. The Hall–Kier alpha value is -1.42. The van der Waals surface area contributed by atoms with Crippen LogP contribution in [0.1, 0.15) is 10.4 Å². The highest BCUT2D eigenvalue weighted by Gasteiger charge is 1.99. The third-order valence-corrected chi connectivity index (χ3v) is 4.94. The number of benzene rings is 2. The quantitative estimate of drug-likeness (QED) is 0.638. The molecule has 0 aliphatic rings. The lowest BCUT2D eigenvalue weighted by Crippen LogP contribution is -2.11. The minimum atomic E-state index is 0.893. The van der Waals surface area contributed by atoms with Crippen LogP contribution in [0.4, 0.5) is 0 Å². The van der Waals surface area contributed by atoms with Crippen LogP contribution in [0.2, 0.25) is 0 Å². The van der Waals surface area contributed by atoms with Crippen LogP contribution in [-0.4, -0.2) is 0 Å². The van der Waals surface area contributed by atoms with E-state index >= 15 is 0 Å². The molecule has 3 rings (SSSR count). The first kappa shape index (κ1) is 14.5. The van der Waals surface area contributed by atoms with E-state index in [-0.39, 0.29) is 0 Å². The minimum absolute atomic E-state index is 0.893. The van der Waals surface area contributed by atoms with Crippen LogP contribution in [-0.2, 0) is 13.1 Å². The van der Waals surface area contributed by atoms with Gasteiger partial charge in [-0.1, -0.05) is 54.6 Å². The second kappa shape index (κ2) is 7.03. The van der Waals surface area contributed by atoms with Gasteiger partial charge in [0.25, 0.3) is 0 Å². The van der Waals surface area contributed by atoms with E-state index in [4.69, 9.17) is 0 Å². The highest BCUT2D eigenvalue weighted by molar-refractivity contribution is 9.11. The molecule has 0 aliphatic heterocycles. The van der Waals surface area contributed by atoms with E-state index in [1.807, 2.05) is 6.07 Å². The van der Waals surface area contributed by atoms with Crippen LogP contribution in [0.25, 0.3) is 11.1 Å². The molecule has 0 amide bonds. The first-order valence-corrected chi connectivity index (χ1v) is 8.51. The zero-order valence-corrected chi connectivity index (χ0v) is 14.0. The van der Waals surface area contributed by atoms with Gasteiger partial charge in [0.15, 0.2) is 0 Å². The maximum Gasteiger partial charge on any atom is 0.0701 e. The Balaban J connectivity index is 1.57. The van der Waals surface area contributed by atoms with Gasteiger partial charge in [0, 0.05) is 18.0 Å². The van der Waals surface area contributed by atoms with Crippen molar-refractivity contribution in [3.05, 3.63) is 81.0 Å². The second-order valence-corrected chi connectivity index (χ2v) is 7.42. The molecule has 3 heteroatoms. The second-order valence-electron chi connectivity index (χ2n) is 4.87. The largest absolute Gasteiger partial charge is 0.308 e. The first-order valence-electron chi connectivity index (χ1n) is 6.90. The van der Waals surface area contributed by atoms with Gasteiger partial charge in [0.05, 0.1) is 3.79 Å². The van der Waals surface area contributed by atoms with Crippen LogP contribution in [0.3, 0.4) is 0 Å². The van der Waals surface area contributed by atoms with Crippen molar-refractivity contribution in [3.63, 3.8) is 0 Å². The maximum absolute atomic E-state index is 3.49. The molecule has 0 atom stereocenters. The third-order valence-electron chi connectivity index (χ3n) is 3.32. The molecule has 1 nitrogen and oxygen atoms in total. The lowest BCUT2D eigenvalue weighted by molar-refractivity contribution is 0.701. The molecule has 3 aromatic rings. The Bertz CT molecular complexity index is 689. The van der Waals surface area contributed by atoms with Crippen molar-refractivity contribution in [1.29, 1.82) is 0 Å². The van der Waals surface area contributed by atoms with Crippen molar-refractivity contribution in [2.75, 3.05) is 0 Å². The molecule has 0 spiro atoms. The number of rotatable bonds is 5. The van der Waals surface area contributed by atoms with Gasteiger partial charge in [-0.15, -0.1) is 11.3 Å². The van der Waals surface area contributed by atoms with Gasteiger partial charge >= 0.3 is 0 Å². The molecule has 1 heterocycles. The molecule has 0 aliphatic carbocycles. The molecular formula is C18H16BrNS. The third kappa shape index (κ3) is 4.03. The summed E-state index contributed by atoms with van der Waals surface area (Å²) in [7, 11) is 0. The summed E-state index contributed by atoms with van der Waals surface area (Å²) in [6, 6.07) is 23.5. The van der Waals surface area contributed by atoms with Gasteiger partial charge in [0.1, 0.15) is 0 Å². The summed E-state index contributed by atoms with van der Waals surface area (Å²) in [5.74, 6) is 0. The van der Waals surface area contributed by atoms with E-state index in [1.165, 1.54) is 25.4 Å². The summed E-state index contributed by atoms with van der Waals surface area (Å²) in [4.78, 5) is 1.35. The van der Waals surface area contributed by atoms with Crippen molar-refractivity contribution in [2.24, 2.45) is 0 Å². The fraction of sp³-hybridized carbons (Fsp3) is 0.111. The average molecular weight is 358 g/mol. The van der Waals surface area contributed by atoms with Gasteiger partial charge in [-0.25, -0.2) is 0 Å². The van der Waals surface area contributed by atoms with Crippen molar-refractivity contribution in [2.45, 2.75) is 13.1 Å². The lowest BCUT2D eigenvalue weighted by Gasteiger charge is -2.06. The van der Waals surface area contributed by atoms with Crippen LogP contribution in [0, 0.1) is 0 Å². The van der Waals surface area contributed by atoms with Crippen molar-refractivity contribution < 1.29 is 0 Å². The number of hydrogen-bond acceptors (Lipinski definition) is 2. The molecule has 0 unspecified atom stereocenters. The Morgan fingerprint density at radius 2 is 1.48 bits per heavy atom. The predicted molar refractivity (Wildman–Crippen MR) is 94.4 cm³/mol. The van der Waals surface area contributed by atoms with Crippen molar-refractivity contribution in [1.82, 2.24) is 5.32 Å². The molecule has 0 saturated heterocycles. The molecule has 0 fully saturated rings. The van der Waals surface area contributed by atoms with Gasteiger partial charge < -0.3 is 5.32 Å². The molecule has 2 aromatic carbocycles. The lowest BCUT2D eigenvalue weighted by atomic mass is 10.0. The van der Waals surface area contributed by atoms with Crippen LogP contribution >= 0.6 is 27.3 Å². The number of hydrogen-bond donors (Lipinski definition) is 1. The molecule has 106 valence electrons. The van der Waals surface area contributed by atoms with E-state index < -0.39 is 0 Å². The van der Waals surface area contributed by atoms with Gasteiger partial charge in [-0.05, 0) is 44.8 Å².